The summed E-state index contributed by atoms with van der Waals surface area (Å²) >= 11 is 6.35. The van der Waals surface area contributed by atoms with Crippen molar-refractivity contribution < 1.29 is 23.4 Å². The number of methoxy groups -OCH3 is 1. The minimum Gasteiger partial charge on any atom is -0.494 e. The number of hydrogen-bond donors (Lipinski definition) is 1. The van der Waals surface area contributed by atoms with E-state index in [0.717, 1.165) is 11.8 Å². The molecule has 8 heteroatoms. The lowest BCUT2D eigenvalue weighted by Gasteiger charge is -2.17. The van der Waals surface area contributed by atoms with Gasteiger partial charge in [-0.3, -0.25) is 4.79 Å². The predicted molar refractivity (Wildman–Crippen MR) is 121 cm³/mol. The summed E-state index contributed by atoms with van der Waals surface area (Å²) in [4.78, 5) is 12.4. The average molecular weight is 445 g/mol. The molecule has 3 aromatic rings. The molecule has 0 spiro atoms. The van der Waals surface area contributed by atoms with Gasteiger partial charge in [-0.05, 0) is 62.2 Å². The zero-order valence-electron chi connectivity index (χ0n) is 17.9. The van der Waals surface area contributed by atoms with Gasteiger partial charge in [0.25, 0.3) is 0 Å². The summed E-state index contributed by atoms with van der Waals surface area (Å²) in [6, 6.07) is 10.4. The molecule has 0 unspecified atom stereocenters. The van der Waals surface area contributed by atoms with Crippen LogP contribution in [0.25, 0.3) is 11.0 Å². The van der Waals surface area contributed by atoms with Gasteiger partial charge in [0.05, 0.1) is 31.1 Å². The zero-order valence-corrected chi connectivity index (χ0v) is 18.7. The first kappa shape index (κ1) is 22.5. The van der Waals surface area contributed by atoms with E-state index in [4.69, 9.17) is 30.2 Å². The molecule has 0 aliphatic rings. The number of fused-ring (bicyclic) bond motifs is 1. The summed E-state index contributed by atoms with van der Waals surface area (Å²) in [5.74, 6) is 1.36. The molecule has 1 atom stereocenters. The van der Waals surface area contributed by atoms with E-state index in [1.807, 2.05) is 26.8 Å². The fraction of sp³-hybridized carbons (Fsp3) is 0.304. The van der Waals surface area contributed by atoms with E-state index in [1.165, 1.54) is 13.3 Å². The number of amides is 1. The highest BCUT2D eigenvalue weighted by Crippen LogP contribution is 2.37. The number of furan rings is 1. The second kappa shape index (κ2) is 10.2. The van der Waals surface area contributed by atoms with Gasteiger partial charge in [-0.15, -0.1) is 0 Å². The molecule has 0 fully saturated rings. The van der Waals surface area contributed by atoms with Gasteiger partial charge in [-0.1, -0.05) is 18.5 Å². The number of carbonyl (C=O) groups excluding carboxylic acids is 1. The topological polar surface area (TPSA) is 82.3 Å². The predicted octanol–water partition coefficient (Wildman–Crippen LogP) is 5.43. The van der Waals surface area contributed by atoms with Crippen molar-refractivity contribution >= 4 is 34.7 Å². The maximum Gasteiger partial charge on any atom is 0.307 e. The number of nitrogens with one attached hydrogen (secondary N) is 1. The second-order valence-corrected chi connectivity index (χ2v) is 7.22. The van der Waals surface area contributed by atoms with Gasteiger partial charge in [0.1, 0.15) is 11.3 Å². The molecule has 0 saturated carbocycles. The first-order valence-corrected chi connectivity index (χ1v) is 10.4. The summed E-state index contributed by atoms with van der Waals surface area (Å²) < 4.78 is 22.3. The van der Waals surface area contributed by atoms with E-state index in [1.54, 1.807) is 30.3 Å². The van der Waals surface area contributed by atoms with Crippen LogP contribution in [0.15, 0.2) is 45.9 Å². The third kappa shape index (κ3) is 5.49. The van der Waals surface area contributed by atoms with Crippen LogP contribution in [0.4, 0.5) is 0 Å². The van der Waals surface area contributed by atoms with Crippen LogP contribution in [-0.4, -0.2) is 31.9 Å². The van der Waals surface area contributed by atoms with E-state index in [2.05, 4.69) is 10.5 Å². The number of hydrazone groups is 1. The highest BCUT2D eigenvalue weighted by atomic mass is 35.5. The van der Waals surface area contributed by atoms with Gasteiger partial charge in [-0.25, -0.2) is 5.43 Å². The fourth-order valence-electron chi connectivity index (χ4n) is 2.82. The Balaban J connectivity index is 1.71. The summed E-state index contributed by atoms with van der Waals surface area (Å²) in [7, 11) is 1.54. The number of carbonyl (C=O) groups is 1. The maximum absolute atomic E-state index is 12.4. The fourth-order valence-corrected chi connectivity index (χ4v) is 3.09. The Kier molecular flexibility index (Phi) is 7.41. The SMILES string of the molecule is CCOc1ccc2oc(C(=O)N/N=C/c3cc(Cl)c(O[C@@H](C)CC)c(OC)c3)cc2c1. The molecule has 0 saturated heterocycles. The number of benzene rings is 2. The lowest BCUT2D eigenvalue weighted by atomic mass is 10.2. The van der Waals surface area contributed by atoms with Crippen LogP contribution in [0.2, 0.25) is 5.02 Å². The molecule has 2 aromatic carbocycles. The molecular formula is C23H25ClN2O5. The molecule has 0 bridgehead atoms. The highest BCUT2D eigenvalue weighted by molar-refractivity contribution is 6.32. The minimum absolute atomic E-state index is 0.00127. The Labute approximate surface area is 185 Å². The molecule has 164 valence electrons. The molecular weight excluding hydrogens is 420 g/mol. The van der Waals surface area contributed by atoms with Crippen molar-refractivity contribution in [2.75, 3.05) is 13.7 Å². The maximum atomic E-state index is 12.4. The minimum atomic E-state index is -0.472. The van der Waals surface area contributed by atoms with E-state index >= 15 is 0 Å². The van der Waals surface area contributed by atoms with Gasteiger partial charge in [-0.2, -0.15) is 5.10 Å². The summed E-state index contributed by atoms with van der Waals surface area (Å²) in [6.07, 6.45) is 2.30. The molecule has 1 heterocycles. The second-order valence-electron chi connectivity index (χ2n) is 6.81. The number of nitrogens with zero attached hydrogens (tertiary/aromatic N) is 1. The van der Waals surface area contributed by atoms with Crippen LogP contribution in [0.5, 0.6) is 17.2 Å². The van der Waals surface area contributed by atoms with Crippen LogP contribution in [0, 0.1) is 0 Å². The summed E-state index contributed by atoms with van der Waals surface area (Å²) in [5, 5.41) is 5.16. The van der Waals surface area contributed by atoms with Crippen LogP contribution in [-0.2, 0) is 0 Å². The lowest BCUT2D eigenvalue weighted by Crippen LogP contribution is -2.16. The van der Waals surface area contributed by atoms with Gasteiger partial charge in [0.15, 0.2) is 17.3 Å². The molecule has 1 amide bonds. The van der Waals surface area contributed by atoms with Crippen molar-refractivity contribution in [3.63, 3.8) is 0 Å². The van der Waals surface area contributed by atoms with Crippen molar-refractivity contribution in [3.8, 4) is 17.2 Å². The van der Waals surface area contributed by atoms with Crippen molar-refractivity contribution in [2.24, 2.45) is 5.10 Å². The normalized spacial score (nSPS) is 12.2. The first-order chi connectivity index (χ1) is 14.9. The number of hydrogen-bond acceptors (Lipinski definition) is 6. The van der Waals surface area contributed by atoms with Crippen molar-refractivity contribution in [3.05, 3.63) is 52.7 Å². The molecule has 1 aromatic heterocycles. The van der Waals surface area contributed by atoms with Crippen LogP contribution >= 0.6 is 11.6 Å². The number of ether oxygens (including phenoxy) is 3. The van der Waals surface area contributed by atoms with E-state index in [0.29, 0.717) is 40.0 Å². The van der Waals surface area contributed by atoms with Gasteiger partial charge in [0.2, 0.25) is 0 Å². The van der Waals surface area contributed by atoms with Crippen molar-refractivity contribution in [2.45, 2.75) is 33.3 Å². The quantitative estimate of drug-likeness (QED) is 0.351. The van der Waals surface area contributed by atoms with E-state index in [-0.39, 0.29) is 11.9 Å². The zero-order chi connectivity index (χ0) is 22.4. The van der Waals surface area contributed by atoms with E-state index < -0.39 is 5.91 Å². The molecule has 0 radical (unpaired) electrons. The van der Waals surface area contributed by atoms with E-state index in [9.17, 15) is 4.79 Å². The first-order valence-electron chi connectivity index (χ1n) is 9.99. The molecule has 3 rings (SSSR count). The number of halogens is 1. The molecule has 31 heavy (non-hydrogen) atoms. The summed E-state index contributed by atoms with van der Waals surface area (Å²) in [6.45, 7) is 6.45. The van der Waals surface area contributed by atoms with Crippen LogP contribution in [0.1, 0.15) is 43.3 Å². The van der Waals surface area contributed by atoms with Gasteiger partial charge < -0.3 is 18.6 Å². The Morgan fingerprint density at radius 3 is 2.77 bits per heavy atom. The Bertz CT molecular complexity index is 1090. The lowest BCUT2D eigenvalue weighted by molar-refractivity contribution is 0.0929. The molecule has 0 aliphatic carbocycles. The van der Waals surface area contributed by atoms with Crippen molar-refractivity contribution in [1.29, 1.82) is 0 Å². The largest absolute Gasteiger partial charge is 0.494 e. The monoisotopic (exact) mass is 444 g/mol. The highest BCUT2D eigenvalue weighted by Gasteiger charge is 2.15. The van der Waals surface area contributed by atoms with Gasteiger partial charge >= 0.3 is 5.91 Å². The third-order valence-corrected chi connectivity index (χ3v) is 4.83. The standard InChI is InChI=1S/C23H25ClN2O5/c1-5-14(3)30-22-18(24)9-15(10-20(22)28-4)13-25-26-23(27)21-12-16-11-17(29-6-2)7-8-19(16)31-21/h7-14H,5-6H2,1-4H3,(H,26,27)/b25-13+/t14-/m0/s1. The average Bonchev–Trinajstić information content (AvgIpc) is 3.19. The summed E-state index contributed by atoms with van der Waals surface area (Å²) in [5.41, 5.74) is 3.68. The third-order valence-electron chi connectivity index (χ3n) is 4.55. The van der Waals surface area contributed by atoms with Crippen molar-refractivity contribution in [1.82, 2.24) is 5.43 Å². The Morgan fingerprint density at radius 1 is 1.26 bits per heavy atom. The number of rotatable bonds is 9. The molecule has 7 nitrogen and oxygen atoms in total. The Hall–Kier alpha value is -3.19. The van der Waals surface area contributed by atoms with Gasteiger partial charge in [0, 0.05) is 5.39 Å². The van der Waals surface area contributed by atoms with Crippen LogP contribution < -0.4 is 19.6 Å². The molecule has 0 aliphatic heterocycles. The Morgan fingerprint density at radius 2 is 2.06 bits per heavy atom. The molecule has 1 N–H and O–H groups in total. The van der Waals surface area contributed by atoms with Crippen LogP contribution in [0.3, 0.4) is 0 Å². The smallest absolute Gasteiger partial charge is 0.307 e.